The second-order valence-corrected chi connectivity index (χ2v) is 9.18. The van der Waals surface area contributed by atoms with E-state index >= 15 is 0 Å². The molecule has 26 heavy (non-hydrogen) atoms. The molecule has 2 N–H and O–H groups in total. The van der Waals surface area contributed by atoms with Crippen LogP contribution in [0.15, 0.2) is 48.5 Å². The molecule has 142 valence electrons. The van der Waals surface area contributed by atoms with Gasteiger partial charge in [-0.1, -0.05) is 24.3 Å². The van der Waals surface area contributed by atoms with E-state index in [1.807, 2.05) is 0 Å². The number of benzene rings is 2. The first kappa shape index (κ1) is 20.4. The van der Waals surface area contributed by atoms with Crippen molar-refractivity contribution >= 4 is 20.0 Å². The van der Waals surface area contributed by atoms with Crippen LogP contribution in [0.1, 0.15) is 11.1 Å². The van der Waals surface area contributed by atoms with Gasteiger partial charge >= 0.3 is 0 Å². The van der Waals surface area contributed by atoms with Crippen molar-refractivity contribution < 1.29 is 25.6 Å². The molecule has 0 saturated carbocycles. The number of halogens is 2. The van der Waals surface area contributed by atoms with Crippen LogP contribution in [0.2, 0.25) is 0 Å². The van der Waals surface area contributed by atoms with Gasteiger partial charge in [0.2, 0.25) is 20.0 Å². The summed E-state index contributed by atoms with van der Waals surface area (Å²) >= 11 is 0. The lowest BCUT2D eigenvalue weighted by molar-refractivity contribution is 0.569. The first-order chi connectivity index (χ1) is 12.2. The summed E-state index contributed by atoms with van der Waals surface area (Å²) in [6, 6.07) is 10.4. The van der Waals surface area contributed by atoms with Crippen LogP contribution >= 0.6 is 0 Å². The minimum absolute atomic E-state index is 0.167. The summed E-state index contributed by atoms with van der Waals surface area (Å²) in [5.41, 5.74) is 0.563. The van der Waals surface area contributed by atoms with E-state index in [2.05, 4.69) is 9.44 Å². The number of hydrogen-bond donors (Lipinski definition) is 2. The summed E-state index contributed by atoms with van der Waals surface area (Å²) in [5, 5.41) is 0. The average Bonchev–Trinajstić information content (AvgIpc) is 2.51. The van der Waals surface area contributed by atoms with Gasteiger partial charge in [0.1, 0.15) is 11.6 Å². The Labute approximate surface area is 151 Å². The number of sulfonamides is 2. The average molecular weight is 404 g/mol. The molecule has 0 spiro atoms. The summed E-state index contributed by atoms with van der Waals surface area (Å²) in [5.74, 6) is -1.91. The monoisotopic (exact) mass is 404 g/mol. The summed E-state index contributed by atoms with van der Waals surface area (Å²) in [4.78, 5) is 0. The lowest BCUT2D eigenvalue weighted by Crippen LogP contribution is -2.35. The highest BCUT2D eigenvalue weighted by Crippen LogP contribution is 2.08. The molecular weight excluding hydrogens is 386 g/mol. The van der Waals surface area contributed by atoms with Gasteiger partial charge in [0, 0.05) is 13.1 Å². The maximum atomic E-state index is 13.1. The van der Waals surface area contributed by atoms with Crippen LogP contribution in [0.25, 0.3) is 0 Å². The van der Waals surface area contributed by atoms with E-state index in [0.717, 1.165) is 12.1 Å². The van der Waals surface area contributed by atoms with E-state index in [1.54, 1.807) is 0 Å². The first-order valence-electron chi connectivity index (χ1n) is 7.59. The van der Waals surface area contributed by atoms with E-state index in [1.165, 1.54) is 36.4 Å². The molecule has 0 amide bonds. The predicted molar refractivity (Wildman–Crippen MR) is 94.1 cm³/mol. The Balaban J connectivity index is 1.81. The Morgan fingerprint density at radius 1 is 0.692 bits per heavy atom. The van der Waals surface area contributed by atoms with Crippen molar-refractivity contribution in [1.29, 1.82) is 0 Å². The molecule has 2 aromatic carbocycles. The van der Waals surface area contributed by atoms with Crippen molar-refractivity contribution in [2.75, 3.05) is 13.1 Å². The zero-order valence-corrected chi connectivity index (χ0v) is 15.3. The minimum atomic E-state index is -3.73. The molecule has 0 aliphatic carbocycles. The highest BCUT2D eigenvalue weighted by atomic mass is 32.2. The molecule has 0 radical (unpaired) electrons. The van der Waals surface area contributed by atoms with Gasteiger partial charge < -0.3 is 0 Å². The molecule has 0 heterocycles. The van der Waals surface area contributed by atoms with Gasteiger partial charge in [-0.15, -0.1) is 0 Å². The third-order valence-electron chi connectivity index (χ3n) is 3.26. The second-order valence-electron chi connectivity index (χ2n) is 5.57. The van der Waals surface area contributed by atoms with Gasteiger partial charge in [-0.2, -0.15) is 0 Å². The number of nitrogens with one attached hydrogen (secondary N) is 2. The molecule has 0 saturated heterocycles. The quantitative estimate of drug-likeness (QED) is 0.620. The van der Waals surface area contributed by atoms with Crippen LogP contribution in [0, 0.1) is 11.6 Å². The lowest BCUT2D eigenvalue weighted by Gasteiger charge is -2.09. The van der Waals surface area contributed by atoms with Crippen LogP contribution in [0.4, 0.5) is 8.78 Å². The molecule has 2 rings (SSSR count). The molecule has 0 aromatic heterocycles. The van der Waals surface area contributed by atoms with Gasteiger partial charge in [-0.3, -0.25) is 0 Å². The van der Waals surface area contributed by atoms with Crippen LogP contribution < -0.4 is 9.44 Å². The van der Waals surface area contributed by atoms with Crippen molar-refractivity contribution in [3.05, 3.63) is 71.3 Å². The largest absolute Gasteiger partial charge is 0.215 e. The van der Waals surface area contributed by atoms with E-state index in [9.17, 15) is 25.6 Å². The summed E-state index contributed by atoms with van der Waals surface area (Å²) in [6.07, 6.45) is 0. The summed E-state index contributed by atoms with van der Waals surface area (Å²) < 4.78 is 78.3. The second kappa shape index (κ2) is 8.67. The normalized spacial score (nSPS) is 12.2. The maximum absolute atomic E-state index is 13.1. The van der Waals surface area contributed by atoms with Gasteiger partial charge in [0.25, 0.3) is 0 Å². The Morgan fingerprint density at radius 3 is 1.42 bits per heavy atom. The zero-order valence-electron chi connectivity index (χ0n) is 13.7. The van der Waals surface area contributed by atoms with Gasteiger partial charge in [0.15, 0.2) is 0 Å². The highest BCUT2D eigenvalue weighted by Gasteiger charge is 2.14. The molecule has 0 atom stereocenters. The van der Waals surface area contributed by atoms with E-state index < -0.39 is 43.2 Å². The predicted octanol–water partition coefficient (Wildman–Crippen LogP) is 1.50. The highest BCUT2D eigenvalue weighted by molar-refractivity contribution is 7.89. The van der Waals surface area contributed by atoms with Crippen LogP contribution in [0.5, 0.6) is 0 Å². The van der Waals surface area contributed by atoms with Crippen molar-refractivity contribution in [2.24, 2.45) is 0 Å². The minimum Gasteiger partial charge on any atom is -0.214 e. The SMILES string of the molecule is O=S(=O)(Cc1cccc(F)c1)NCCNS(=O)(=O)Cc1cccc(F)c1. The molecular formula is C16H18F2N2O4S2. The standard InChI is InChI=1S/C16H18F2N2O4S2/c17-15-5-1-3-13(9-15)11-25(21,22)19-7-8-20-26(23,24)12-14-4-2-6-16(18)10-14/h1-6,9-10,19-20H,7-8,11-12H2. The fourth-order valence-electron chi connectivity index (χ4n) is 2.21. The molecule has 6 nitrogen and oxygen atoms in total. The Bertz CT molecular complexity index is 884. The molecule has 0 unspecified atom stereocenters. The van der Waals surface area contributed by atoms with Gasteiger partial charge in [-0.25, -0.2) is 35.1 Å². The molecule has 0 fully saturated rings. The van der Waals surface area contributed by atoms with E-state index in [0.29, 0.717) is 0 Å². The first-order valence-corrected chi connectivity index (χ1v) is 10.9. The van der Waals surface area contributed by atoms with E-state index in [-0.39, 0.29) is 24.2 Å². The van der Waals surface area contributed by atoms with Crippen molar-refractivity contribution in [2.45, 2.75) is 11.5 Å². The van der Waals surface area contributed by atoms with Crippen molar-refractivity contribution in [1.82, 2.24) is 9.44 Å². The summed E-state index contributed by atoms with van der Waals surface area (Å²) in [7, 11) is -7.47. The Morgan fingerprint density at radius 2 is 1.08 bits per heavy atom. The number of rotatable bonds is 9. The van der Waals surface area contributed by atoms with Crippen LogP contribution in [0.3, 0.4) is 0 Å². The molecule has 2 aromatic rings. The molecule has 0 aliphatic rings. The fourth-order valence-corrected chi connectivity index (χ4v) is 4.47. The fraction of sp³-hybridized carbons (Fsp3) is 0.250. The maximum Gasteiger partial charge on any atom is 0.215 e. The topological polar surface area (TPSA) is 92.3 Å². The summed E-state index contributed by atoms with van der Waals surface area (Å²) in [6.45, 7) is -0.333. The van der Waals surface area contributed by atoms with Gasteiger partial charge in [-0.05, 0) is 35.4 Å². The van der Waals surface area contributed by atoms with Crippen molar-refractivity contribution in [3.63, 3.8) is 0 Å². The lowest BCUT2D eigenvalue weighted by atomic mass is 10.2. The zero-order chi connectivity index (χ0) is 19.2. The smallest absolute Gasteiger partial charge is 0.214 e. The number of hydrogen-bond acceptors (Lipinski definition) is 4. The Hall–Kier alpha value is -1.88. The Kier molecular flexibility index (Phi) is 6.81. The molecule has 10 heteroatoms. The van der Waals surface area contributed by atoms with Crippen LogP contribution in [-0.4, -0.2) is 29.9 Å². The molecule has 0 aliphatic heterocycles. The third-order valence-corrected chi connectivity index (χ3v) is 5.98. The third kappa shape index (κ3) is 7.16. The van der Waals surface area contributed by atoms with Crippen LogP contribution in [-0.2, 0) is 31.6 Å². The van der Waals surface area contributed by atoms with Gasteiger partial charge in [0.05, 0.1) is 11.5 Å². The molecule has 0 bridgehead atoms. The van der Waals surface area contributed by atoms with E-state index in [4.69, 9.17) is 0 Å². The van der Waals surface area contributed by atoms with Crippen molar-refractivity contribution in [3.8, 4) is 0 Å².